The molecule has 1 aliphatic heterocycles. The van der Waals surface area contributed by atoms with Crippen molar-refractivity contribution in [3.8, 4) is 0 Å². The van der Waals surface area contributed by atoms with Crippen LogP contribution in [0.15, 0.2) is 49.1 Å². The first-order valence-electron chi connectivity index (χ1n) is 6.91. The van der Waals surface area contributed by atoms with Gasteiger partial charge in [-0.3, -0.25) is 14.5 Å². The molecule has 1 aromatic rings. The molecule has 0 radical (unpaired) electrons. The first kappa shape index (κ1) is 14.3. The van der Waals surface area contributed by atoms with Crippen LogP contribution in [-0.4, -0.2) is 22.8 Å². The predicted molar refractivity (Wildman–Crippen MR) is 79.8 cm³/mol. The Morgan fingerprint density at radius 3 is 2.40 bits per heavy atom. The van der Waals surface area contributed by atoms with Gasteiger partial charge in [0.15, 0.2) is 0 Å². The lowest BCUT2D eigenvalue weighted by Gasteiger charge is -2.30. The second kappa shape index (κ2) is 6.85. The summed E-state index contributed by atoms with van der Waals surface area (Å²) in [6, 6.07) is 9.62. The average molecular weight is 269 g/mol. The molecule has 1 fully saturated rings. The number of carbonyl (C=O) groups is 2. The standard InChI is InChI=1S/C17H19NO2/c1-2-7-15(13-12-14-8-4-3-5-9-14)18-16(19)10-6-11-17(18)20/h2-5,8-9,12-13,15H,1,6-7,10-11H2/b13-12+. The van der Waals surface area contributed by atoms with Gasteiger partial charge in [0.05, 0.1) is 6.04 Å². The third-order valence-electron chi connectivity index (χ3n) is 3.37. The summed E-state index contributed by atoms with van der Waals surface area (Å²) < 4.78 is 0. The monoisotopic (exact) mass is 269 g/mol. The zero-order valence-electron chi connectivity index (χ0n) is 11.5. The van der Waals surface area contributed by atoms with Crippen molar-refractivity contribution < 1.29 is 9.59 Å². The smallest absolute Gasteiger partial charge is 0.229 e. The lowest BCUT2D eigenvalue weighted by Crippen LogP contribution is -2.46. The molecule has 2 rings (SSSR count). The number of benzene rings is 1. The highest BCUT2D eigenvalue weighted by Crippen LogP contribution is 2.19. The average Bonchev–Trinajstić information content (AvgIpc) is 2.45. The lowest BCUT2D eigenvalue weighted by atomic mass is 10.0. The summed E-state index contributed by atoms with van der Waals surface area (Å²) in [4.78, 5) is 25.3. The number of rotatable bonds is 5. The van der Waals surface area contributed by atoms with Crippen molar-refractivity contribution in [2.24, 2.45) is 0 Å². The Balaban J connectivity index is 2.17. The number of carbonyl (C=O) groups excluding carboxylic acids is 2. The van der Waals surface area contributed by atoms with Gasteiger partial charge in [-0.25, -0.2) is 0 Å². The Labute approximate surface area is 119 Å². The van der Waals surface area contributed by atoms with E-state index in [0.29, 0.717) is 25.7 Å². The Kier molecular flexibility index (Phi) is 4.88. The van der Waals surface area contributed by atoms with Crippen LogP contribution >= 0.6 is 0 Å². The van der Waals surface area contributed by atoms with Gasteiger partial charge >= 0.3 is 0 Å². The molecule has 3 nitrogen and oxygen atoms in total. The van der Waals surface area contributed by atoms with E-state index >= 15 is 0 Å². The van der Waals surface area contributed by atoms with Crippen molar-refractivity contribution in [3.63, 3.8) is 0 Å². The van der Waals surface area contributed by atoms with E-state index in [4.69, 9.17) is 0 Å². The molecule has 0 bridgehead atoms. The number of hydrogen-bond acceptors (Lipinski definition) is 2. The molecule has 1 aliphatic rings. The number of hydrogen-bond donors (Lipinski definition) is 0. The Hall–Kier alpha value is -2.16. The van der Waals surface area contributed by atoms with Crippen molar-refractivity contribution in [1.82, 2.24) is 4.90 Å². The van der Waals surface area contributed by atoms with Crippen molar-refractivity contribution >= 4 is 17.9 Å². The molecule has 1 saturated heterocycles. The van der Waals surface area contributed by atoms with Crippen molar-refractivity contribution in [2.75, 3.05) is 0 Å². The van der Waals surface area contributed by atoms with Crippen molar-refractivity contribution in [2.45, 2.75) is 31.7 Å². The molecule has 0 aliphatic carbocycles. The van der Waals surface area contributed by atoms with Gasteiger partial charge in [-0.1, -0.05) is 48.6 Å². The van der Waals surface area contributed by atoms with E-state index in [1.54, 1.807) is 6.08 Å². The van der Waals surface area contributed by atoms with Crippen LogP contribution in [0.5, 0.6) is 0 Å². The third kappa shape index (κ3) is 3.44. The summed E-state index contributed by atoms with van der Waals surface area (Å²) >= 11 is 0. The Morgan fingerprint density at radius 1 is 1.15 bits per heavy atom. The summed E-state index contributed by atoms with van der Waals surface area (Å²) in [7, 11) is 0. The van der Waals surface area contributed by atoms with Crippen LogP contribution in [0.2, 0.25) is 0 Å². The molecule has 0 aromatic heterocycles. The van der Waals surface area contributed by atoms with E-state index in [1.165, 1.54) is 4.90 Å². The van der Waals surface area contributed by atoms with Gasteiger partial charge < -0.3 is 0 Å². The van der Waals surface area contributed by atoms with Crippen LogP contribution < -0.4 is 0 Å². The maximum atomic E-state index is 12.0. The van der Waals surface area contributed by atoms with Gasteiger partial charge in [0, 0.05) is 12.8 Å². The fraction of sp³-hybridized carbons (Fsp3) is 0.294. The van der Waals surface area contributed by atoms with E-state index in [2.05, 4.69) is 6.58 Å². The van der Waals surface area contributed by atoms with E-state index in [-0.39, 0.29) is 17.9 Å². The predicted octanol–water partition coefficient (Wildman–Crippen LogP) is 3.18. The van der Waals surface area contributed by atoms with Gasteiger partial charge in [0.1, 0.15) is 0 Å². The summed E-state index contributed by atoms with van der Waals surface area (Å²) in [5, 5.41) is 0. The third-order valence-corrected chi connectivity index (χ3v) is 3.37. The highest BCUT2D eigenvalue weighted by Gasteiger charge is 2.30. The van der Waals surface area contributed by atoms with Gasteiger partial charge in [0.25, 0.3) is 0 Å². The maximum absolute atomic E-state index is 12.0. The summed E-state index contributed by atoms with van der Waals surface area (Å²) in [6.45, 7) is 3.72. The fourth-order valence-corrected chi connectivity index (χ4v) is 2.37. The molecule has 1 aromatic carbocycles. The minimum Gasteiger partial charge on any atom is -0.275 e. The van der Waals surface area contributed by atoms with Crippen LogP contribution in [0, 0.1) is 0 Å². The molecule has 1 atom stereocenters. The normalized spacial score (nSPS) is 17.5. The molecule has 0 saturated carbocycles. The van der Waals surface area contributed by atoms with Gasteiger partial charge in [-0.2, -0.15) is 0 Å². The molecule has 3 heteroatoms. The summed E-state index contributed by atoms with van der Waals surface area (Å²) in [5.41, 5.74) is 1.05. The second-order valence-electron chi connectivity index (χ2n) is 4.87. The second-order valence-corrected chi connectivity index (χ2v) is 4.87. The molecule has 20 heavy (non-hydrogen) atoms. The zero-order chi connectivity index (χ0) is 14.4. The number of imide groups is 1. The number of piperidine rings is 1. The topological polar surface area (TPSA) is 37.4 Å². The van der Waals surface area contributed by atoms with Crippen LogP contribution in [0.1, 0.15) is 31.2 Å². The summed E-state index contributed by atoms with van der Waals surface area (Å²) in [6.07, 6.45) is 7.77. The maximum Gasteiger partial charge on any atom is 0.229 e. The van der Waals surface area contributed by atoms with Gasteiger partial charge in [-0.15, -0.1) is 6.58 Å². The molecule has 0 N–H and O–H groups in total. The van der Waals surface area contributed by atoms with E-state index in [1.807, 2.05) is 42.5 Å². The van der Waals surface area contributed by atoms with E-state index < -0.39 is 0 Å². The number of nitrogens with zero attached hydrogens (tertiary/aromatic N) is 1. The Morgan fingerprint density at radius 2 is 1.80 bits per heavy atom. The van der Waals surface area contributed by atoms with Crippen LogP contribution in [0.25, 0.3) is 6.08 Å². The minimum atomic E-state index is -0.229. The molecule has 104 valence electrons. The van der Waals surface area contributed by atoms with Crippen molar-refractivity contribution in [3.05, 3.63) is 54.6 Å². The number of amides is 2. The van der Waals surface area contributed by atoms with Crippen LogP contribution in [0.4, 0.5) is 0 Å². The molecular weight excluding hydrogens is 250 g/mol. The summed E-state index contributed by atoms with van der Waals surface area (Å²) in [5.74, 6) is -0.156. The largest absolute Gasteiger partial charge is 0.275 e. The van der Waals surface area contributed by atoms with E-state index in [0.717, 1.165) is 5.56 Å². The fourth-order valence-electron chi connectivity index (χ4n) is 2.37. The zero-order valence-corrected chi connectivity index (χ0v) is 11.5. The van der Waals surface area contributed by atoms with E-state index in [9.17, 15) is 9.59 Å². The highest BCUT2D eigenvalue weighted by molar-refractivity contribution is 5.98. The van der Waals surface area contributed by atoms with Gasteiger partial charge in [0.2, 0.25) is 11.8 Å². The molecule has 1 heterocycles. The lowest BCUT2D eigenvalue weighted by molar-refractivity contribution is -0.149. The SMILES string of the molecule is C=CCC(/C=C/c1ccccc1)N1C(=O)CCCC1=O. The first-order chi connectivity index (χ1) is 9.72. The van der Waals surface area contributed by atoms with Gasteiger partial charge in [-0.05, 0) is 18.4 Å². The Bertz CT molecular complexity index is 503. The quantitative estimate of drug-likeness (QED) is 0.608. The highest BCUT2D eigenvalue weighted by atomic mass is 16.2. The van der Waals surface area contributed by atoms with Crippen LogP contribution in [0.3, 0.4) is 0 Å². The number of likely N-dealkylation sites (tertiary alicyclic amines) is 1. The molecule has 2 amide bonds. The van der Waals surface area contributed by atoms with Crippen LogP contribution in [-0.2, 0) is 9.59 Å². The minimum absolute atomic E-state index is 0.0780. The molecule has 0 spiro atoms. The first-order valence-corrected chi connectivity index (χ1v) is 6.91. The van der Waals surface area contributed by atoms with Crippen molar-refractivity contribution in [1.29, 1.82) is 0 Å². The molecular formula is C17H19NO2. The molecule has 1 unspecified atom stereocenters.